The molecule has 1 atom stereocenters. The molecule has 1 aliphatic heterocycles. The van der Waals surface area contributed by atoms with E-state index in [1.807, 2.05) is 42.2 Å². The lowest BCUT2D eigenvalue weighted by Gasteiger charge is -2.32. The van der Waals surface area contributed by atoms with Crippen molar-refractivity contribution in [1.29, 1.82) is 0 Å². The molecule has 1 unspecified atom stereocenters. The lowest BCUT2D eigenvalue weighted by molar-refractivity contribution is -0.133. The molecule has 0 aliphatic carbocycles. The molecule has 1 saturated heterocycles. The Morgan fingerprint density at radius 1 is 1.24 bits per heavy atom. The highest BCUT2D eigenvalue weighted by atomic mass is 16.2. The van der Waals surface area contributed by atoms with Gasteiger partial charge in [0.15, 0.2) is 0 Å². The number of likely N-dealkylation sites (tertiary alicyclic amines) is 1. The van der Waals surface area contributed by atoms with Gasteiger partial charge in [0.2, 0.25) is 5.91 Å². The van der Waals surface area contributed by atoms with Crippen molar-refractivity contribution in [2.45, 2.75) is 32.6 Å². The second-order valence-electron chi connectivity index (χ2n) is 5.14. The number of hydrogen-bond donors (Lipinski definition) is 0. The number of piperidine rings is 1. The maximum Gasteiger partial charge on any atom is 0.229 e. The van der Waals surface area contributed by atoms with Gasteiger partial charge in [-0.3, -0.25) is 4.79 Å². The van der Waals surface area contributed by atoms with Crippen LogP contribution in [0.5, 0.6) is 0 Å². The van der Waals surface area contributed by atoms with Crippen molar-refractivity contribution >= 4 is 5.91 Å². The first kappa shape index (κ1) is 12.2. The molecule has 2 heteroatoms. The second kappa shape index (κ2) is 5.35. The Kier molecular flexibility index (Phi) is 3.82. The van der Waals surface area contributed by atoms with Crippen LogP contribution in [0.25, 0.3) is 0 Å². The molecule has 0 saturated carbocycles. The van der Waals surface area contributed by atoms with E-state index in [1.54, 1.807) is 0 Å². The van der Waals surface area contributed by atoms with Gasteiger partial charge in [-0.2, -0.15) is 0 Å². The van der Waals surface area contributed by atoms with E-state index in [1.165, 1.54) is 0 Å². The maximum atomic E-state index is 12.3. The van der Waals surface area contributed by atoms with Gasteiger partial charge in [0.25, 0.3) is 0 Å². The highest BCUT2D eigenvalue weighted by Gasteiger charge is 2.24. The van der Waals surface area contributed by atoms with Crippen LogP contribution in [0.3, 0.4) is 0 Å². The lowest BCUT2D eigenvalue weighted by Crippen LogP contribution is -2.40. The van der Waals surface area contributed by atoms with Crippen LogP contribution in [0.15, 0.2) is 30.3 Å². The summed E-state index contributed by atoms with van der Waals surface area (Å²) in [4.78, 5) is 14.4. The Bertz CT molecular complexity index is 366. The first-order valence-electron chi connectivity index (χ1n) is 6.52. The van der Waals surface area contributed by atoms with Crippen molar-refractivity contribution in [3.05, 3.63) is 35.9 Å². The number of hydrogen-bond acceptors (Lipinski definition) is 1. The molecular formula is C15H21NO. The molecule has 2 rings (SSSR count). The summed E-state index contributed by atoms with van der Waals surface area (Å²) in [5.41, 5.74) is 1.12. The van der Waals surface area contributed by atoms with Crippen molar-refractivity contribution in [1.82, 2.24) is 4.90 Å². The fourth-order valence-corrected chi connectivity index (χ4v) is 2.39. The van der Waals surface area contributed by atoms with Crippen LogP contribution in [-0.2, 0) is 4.79 Å². The standard InChI is InChI=1S/C15H21NO/c1-12-8-10-16(11-9-12)15(17)13(2)14-6-4-3-5-7-14/h3-7,12-13H,8-11H2,1-2H3. The lowest BCUT2D eigenvalue weighted by atomic mass is 9.95. The molecule has 0 aromatic heterocycles. The molecule has 0 radical (unpaired) electrons. The average Bonchev–Trinajstić information content (AvgIpc) is 2.39. The van der Waals surface area contributed by atoms with Crippen LogP contribution in [0.2, 0.25) is 0 Å². The van der Waals surface area contributed by atoms with Gasteiger partial charge < -0.3 is 4.90 Å². The van der Waals surface area contributed by atoms with E-state index in [4.69, 9.17) is 0 Å². The van der Waals surface area contributed by atoms with Crippen LogP contribution in [0.1, 0.15) is 38.2 Å². The number of benzene rings is 1. The fraction of sp³-hybridized carbons (Fsp3) is 0.533. The topological polar surface area (TPSA) is 20.3 Å². The summed E-state index contributed by atoms with van der Waals surface area (Å²) in [5.74, 6) is 1.04. The molecule has 0 N–H and O–H groups in total. The Morgan fingerprint density at radius 2 is 1.82 bits per heavy atom. The first-order chi connectivity index (χ1) is 8.18. The van der Waals surface area contributed by atoms with E-state index in [9.17, 15) is 4.79 Å². The Morgan fingerprint density at radius 3 is 2.41 bits per heavy atom. The van der Waals surface area contributed by atoms with Crippen LogP contribution >= 0.6 is 0 Å². The summed E-state index contributed by atoms with van der Waals surface area (Å²) in [6, 6.07) is 10.1. The first-order valence-corrected chi connectivity index (χ1v) is 6.52. The molecule has 17 heavy (non-hydrogen) atoms. The summed E-state index contributed by atoms with van der Waals surface area (Å²) in [6.07, 6.45) is 2.29. The van der Waals surface area contributed by atoms with Crippen molar-refractivity contribution in [2.24, 2.45) is 5.92 Å². The normalized spacial score (nSPS) is 19.1. The molecular weight excluding hydrogens is 210 g/mol. The molecule has 1 amide bonds. The molecule has 0 spiro atoms. The van der Waals surface area contributed by atoms with Crippen molar-refractivity contribution in [2.75, 3.05) is 13.1 Å². The summed E-state index contributed by atoms with van der Waals surface area (Å²) in [6.45, 7) is 6.13. The van der Waals surface area contributed by atoms with Gasteiger partial charge in [-0.25, -0.2) is 0 Å². The Balaban J connectivity index is 2.00. The largest absolute Gasteiger partial charge is 0.342 e. The third-order valence-electron chi connectivity index (χ3n) is 3.77. The SMILES string of the molecule is CC1CCN(C(=O)C(C)c2ccccc2)CC1. The minimum atomic E-state index is -0.00962. The van der Waals surface area contributed by atoms with Gasteiger partial charge in [0.1, 0.15) is 0 Å². The molecule has 0 bridgehead atoms. The summed E-state index contributed by atoms with van der Waals surface area (Å²) >= 11 is 0. The predicted octanol–water partition coefficient (Wildman–Crippen LogP) is 3.05. The summed E-state index contributed by atoms with van der Waals surface area (Å²) < 4.78 is 0. The Labute approximate surface area is 104 Å². The summed E-state index contributed by atoms with van der Waals surface area (Å²) in [7, 11) is 0. The molecule has 1 aromatic carbocycles. The predicted molar refractivity (Wildman–Crippen MR) is 69.8 cm³/mol. The van der Waals surface area contributed by atoms with Gasteiger partial charge in [0.05, 0.1) is 5.92 Å². The minimum absolute atomic E-state index is 0.00962. The van der Waals surface area contributed by atoms with Gasteiger partial charge in [-0.05, 0) is 31.2 Å². The minimum Gasteiger partial charge on any atom is -0.342 e. The highest BCUT2D eigenvalue weighted by Crippen LogP contribution is 2.22. The monoisotopic (exact) mass is 231 g/mol. The molecule has 2 nitrogen and oxygen atoms in total. The van der Waals surface area contributed by atoms with Gasteiger partial charge >= 0.3 is 0 Å². The number of carbonyl (C=O) groups is 1. The van der Waals surface area contributed by atoms with Crippen LogP contribution < -0.4 is 0 Å². The number of carbonyl (C=O) groups excluding carboxylic acids is 1. The Hall–Kier alpha value is -1.31. The highest BCUT2D eigenvalue weighted by molar-refractivity contribution is 5.83. The zero-order chi connectivity index (χ0) is 12.3. The smallest absolute Gasteiger partial charge is 0.229 e. The van der Waals surface area contributed by atoms with E-state index in [-0.39, 0.29) is 11.8 Å². The van der Waals surface area contributed by atoms with E-state index in [2.05, 4.69) is 6.92 Å². The zero-order valence-corrected chi connectivity index (χ0v) is 10.7. The fourth-order valence-electron chi connectivity index (χ4n) is 2.39. The third kappa shape index (κ3) is 2.87. The van der Waals surface area contributed by atoms with Crippen LogP contribution in [0.4, 0.5) is 0 Å². The molecule has 1 heterocycles. The number of amides is 1. The van der Waals surface area contributed by atoms with E-state index < -0.39 is 0 Å². The van der Waals surface area contributed by atoms with Crippen LogP contribution in [0, 0.1) is 5.92 Å². The van der Waals surface area contributed by atoms with E-state index in [0.717, 1.165) is 37.4 Å². The molecule has 92 valence electrons. The van der Waals surface area contributed by atoms with Gasteiger partial charge in [-0.15, -0.1) is 0 Å². The summed E-state index contributed by atoms with van der Waals surface area (Å²) in [5, 5.41) is 0. The number of rotatable bonds is 2. The van der Waals surface area contributed by atoms with Gasteiger partial charge in [0, 0.05) is 13.1 Å². The second-order valence-corrected chi connectivity index (χ2v) is 5.14. The van der Waals surface area contributed by atoms with Crippen molar-refractivity contribution in [3.63, 3.8) is 0 Å². The maximum absolute atomic E-state index is 12.3. The average molecular weight is 231 g/mol. The molecule has 1 fully saturated rings. The van der Waals surface area contributed by atoms with Crippen molar-refractivity contribution < 1.29 is 4.79 Å². The van der Waals surface area contributed by atoms with Gasteiger partial charge in [-0.1, -0.05) is 37.3 Å². The van der Waals surface area contributed by atoms with Crippen LogP contribution in [-0.4, -0.2) is 23.9 Å². The zero-order valence-electron chi connectivity index (χ0n) is 10.7. The third-order valence-corrected chi connectivity index (χ3v) is 3.77. The van der Waals surface area contributed by atoms with E-state index >= 15 is 0 Å². The van der Waals surface area contributed by atoms with E-state index in [0.29, 0.717) is 0 Å². The van der Waals surface area contributed by atoms with Crippen molar-refractivity contribution in [3.8, 4) is 0 Å². The quantitative estimate of drug-likeness (QED) is 0.766. The molecule has 1 aromatic rings. The number of nitrogens with zero attached hydrogens (tertiary/aromatic N) is 1. The molecule has 1 aliphatic rings.